The molecule has 0 aliphatic carbocycles. The third-order valence-corrected chi connectivity index (χ3v) is 4.05. The molecule has 8 heteroatoms. The highest BCUT2D eigenvalue weighted by Gasteiger charge is 2.25. The summed E-state index contributed by atoms with van der Waals surface area (Å²) in [6.45, 7) is 0.264. The summed E-state index contributed by atoms with van der Waals surface area (Å²) in [5, 5.41) is 3.06. The first kappa shape index (κ1) is 16.0. The molecule has 0 aromatic rings. The predicted octanol–water partition coefficient (Wildman–Crippen LogP) is -0.426. The Morgan fingerprint density at radius 2 is 2.19 bits per heavy atom. The van der Waals surface area contributed by atoms with Crippen LogP contribution in [-0.4, -0.2) is 62.5 Å². The van der Waals surface area contributed by atoms with Gasteiger partial charge in [0.05, 0.1) is 11.8 Å². The zero-order valence-electron chi connectivity index (χ0n) is 9.30. The number of carbonyl (C=O) groups excluding carboxylic acids is 1. The van der Waals surface area contributed by atoms with E-state index in [0.717, 1.165) is 11.6 Å². The highest BCUT2D eigenvalue weighted by atomic mass is 35.5. The Morgan fingerprint density at radius 1 is 1.56 bits per heavy atom. The number of likely N-dealkylation sites (N-methyl/N-ethyl adjacent to an activating group) is 1. The van der Waals surface area contributed by atoms with Crippen LogP contribution in [-0.2, 0) is 14.6 Å². The fourth-order valence-electron chi connectivity index (χ4n) is 1.23. The molecule has 0 saturated carbocycles. The number of hydrogen-bond acceptors (Lipinski definition) is 5. The first-order valence-electron chi connectivity index (χ1n) is 4.64. The molecule has 1 aliphatic rings. The van der Waals surface area contributed by atoms with Gasteiger partial charge in [-0.25, -0.2) is 8.42 Å². The summed E-state index contributed by atoms with van der Waals surface area (Å²) in [6.07, 6.45) is 1.18. The number of nitrogens with one attached hydrogen (secondary N) is 1. The molecular weight excluding hydrogens is 272 g/mol. The van der Waals surface area contributed by atoms with E-state index in [1.807, 2.05) is 0 Å². The lowest BCUT2D eigenvalue weighted by molar-refractivity contribution is -0.131. The van der Waals surface area contributed by atoms with Crippen LogP contribution >= 0.6 is 24.2 Å². The molecule has 0 unspecified atom stereocenters. The molecule has 1 atom stereocenters. The first-order valence-corrected chi connectivity index (χ1v) is 7.85. The average molecular weight is 289 g/mol. The van der Waals surface area contributed by atoms with Crippen LogP contribution in [0.2, 0.25) is 0 Å². The molecule has 1 amide bonds. The maximum atomic E-state index is 11.7. The van der Waals surface area contributed by atoms with Gasteiger partial charge >= 0.3 is 0 Å². The van der Waals surface area contributed by atoms with E-state index in [4.69, 9.17) is 0 Å². The van der Waals surface area contributed by atoms with E-state index in [1.165, 1.54) is 11.2 Å². The standard InChI is InChI=1S/C8H16N2O3S2.ClH/c1-10(3-4-15(2,12)13)8(11)7-5-14-6-9-7;/h7,9H,3-6H2,1-2H3;1H/t7-;/m1./s1. The van der Waals surface area contributed by atoms with Crippen molar-refractivity contribution in [1.29, 1.82) is 0 Å². The zero-order chi connectivity index (χ0) is 11.5. The van der Waals surface area contributed by atoms with Crippen LogP contribution in [0.25, 0.3) is 0 Å². The lowest BCUT2D eigenvalue weighted by Crippen LogP contribution is -2.44. The van der Waals surface area contributed by atoms with E-state index in [-0.39, 0.29) is 36.7 Å². The molecule has 16 heavy (non-hydrogen) atoms. The van der Waals surface area contributed by atoms with Gasteiger partial charge in [0.2, 0.25) is 5.91 Å². The molecule has 1 heterocycles. The lowest BCUT2D eigenvalue weighted by atomic mass is 10.3. The van der Waals surface area contributed by atoms with Gasteiger partial charge in [0.15, 0.2) is 0 Å². The van der Waals surface area contributed by atoms with Crippen molar-refractivity contribution in [2.45, 2.75) is 6.04 Å². The minimum atomic E-state index is -3.00. The van der Waals surface area contributed by atoms with Crippen LogP contribution in [0.3, 0.4) is 0 Å². The van der Waals surface area contributed by atoms with E-state index in [2.05, 4.69) is 5.32 Å². The third kappa shape index (κ3) is 5.38. The fourth-order valence-corrected chi connectivity index (χ4v) is 2.77. The van der Waals surface area contributed by atoms with E-state index in [1.54, 1.807) is 18.8 Å². The van der Waals surface area contributed by atoms with Crippen molar-refractivity contribution in [3.63, 3.8) is 0 Å². The number of thioether (sulfide) groups is 1. The second-order valence-electron chi connectivity index (χ2n) is 3.66. The van der Waals surface area contributed by atoms with Crippen LogP contribution in [0.15, 0.2) is 0 Å². The highest BCUT2D eigenvalue weighted by molar-refractivity contribution is 7.99. The predicted molar refractivity (Wildman–Crippen MR) is 68.8 cm³/mol. The van der Waals surface area contributed by atoms with E-state index < -0.39 is 9.84 Å². The van der Waals surface area contributed by atoms with Crippen molar-refractivity contribution in [2.75, 3.05) is 37.2 Å². The van der Waals surface area contributed by atoms with Gasteiger partial charge in [0.1, 0.15) is 9.84 Å². The SMILES string of the molecule is CN(CCS(C)(=O)=O)C(=O)[C@H]1CSCN1.Cl. The second-order valence-corrected chi connectivity index (χ2v) is 6.95. The van der Waals surface area contributed by atoms with Crippen molar-refractivity contribution in [1.82, 2.24) is 10.2 Å². The van der Waals surface area contributed by atoms with Gasteiger partial charge < -0.3 is 4.90 Å². The molecule has 1 saturated heterocycles. The Morgan fingerprint density at radius 3 is 2.62 bits per heavy atom. The maximum absolute atomic E-state index is 11.7. The summed E-state index contributed by atoms with van der Waals surface area (Å²) in [7, 11) is -1.36. The second kappa shape index (κ2) is 6.68. The number of nitrogens with zero attached hydrogens (tertiary/aromatic N) is 1. The molecule has 96 valence electrons. The van der Waals surface area contributed by atoms with Gasteiger partial charge in [-0.1, -0.05) is 0 Å². The normalized spacial score (nSPS) is 20.2. The Labute approximate surface area is 107 Å². The Balaban J connectivity index is 0.00000225. The highest BCUT2D eigenvalue weighted by Crippen LogP contribution is 2.11. The zero-order valence-corrected chi connectivity index (χ0v) is 11.8. The Kier molecular flexibility index (Phi) is 6.69. The van der Waals surface area contributed by atoms with Crippen LogP contribution in [0, 0.1) is 0 Å². The summed E-state index contributed by atoms with van der Waals surface area (Å²) in [5.74, 6) is 1.55. The average Bonchev–Trinajstić information content (AvgIpc) is 2.64. The molecule has 1 aliphatic heterocycles. The summed E-state index contributed by atoms with van der Waals surface area (Å²) in [5.41, 5.74) is 0. The Hall–Kier alpha value is 0.0200. The minimum Gasteiger partial charge on any atom is -0.343 e. The van der Waals surface area contributed by atoms with Gasteiger partial charge in [-0.3, -0.25) is 10.1 Å². The number of halogens is 1. The van der Waals surface area contributed by atoms with E-state index in [0.29, 0.717) is 0 Å². The molecule has 0 aromatic carbocycles. The monoisotopic (exact) mass is 288 g/mol. The molecular formula is C8H17ClN2O3S2. The first-order chi connectivity index (χ1) is 6.90. The number of rotatable bonds is 4. The Bertz CT molecular complexity index is 328. The van der Waals surface area contributed by atoms with Crippen LogP contribution in [0.1, 0.15) is 0 Å². The van der Waals surface area contributed by atoms with Crippen LogP contribution in [0.5, 0.6) is 0 Å². The topological polar surface area (TPSA) is 66.5 Å². The van der Waals surface area contributed by atoms with Crippen LogP contribution < -0.4 is 5.32 Å². The number of carbonyl (C=O) groups is 1. The molecule has 0 spiro atoms. The molecule has 1 N–H and O–H groups in total. The van der Waals surface area contributed by atoms with Gasteiger partial charge in [0.25, 0.3) is 0 Å². The van der Waals surface area contributed by atoms with Gasteiger partial charge in [-0.2, -0.15) is 0 Å². The van der Waals surface area contributed by atoms with Crippen molar-refractivity contribution >= 4 is 39.9 Å². The smallest absolute Gasteiger partial charge is 0.240 e. The van der Waals surface area contributed by atoms with Gasteiger partial charge in [-0.15, -0.1) is 24.2 Å². The molecule has 0 radical (unpaired) electrons. The van der Waals surface area contributed by atoms with E-state index in [9.17, 15) is 13.2 Å². The molecule has 1 fully saturated rings. The van der Waals surface area contributed by atoms with Crippen LogP contribution in [0.4, 0.5) is 0 Å². The quantitative estimate of drug-likeness (QED) is 0.761. The van der Waals surface area contributed by atoms with E-state index >= 15 is 0 Å². The molecule has 5 nitrogen and oxygen atoms in total. The largest absolute Gasteiger partial charge is 0.343 e. The molecule has 0 aromatic heterocycles. The fraction of sp³-hybridized carbons (Fsp3) is 0.875. The van der Waals surface area contributed by atoms with Crippen molar-refractivity contribution in [2.24, 2.45) is 0 Å². The third-order valence-electron chi connectivity index (χ3n) is 2.19. The molecule has 1 rings (SSSR count). The van der Waals surface area contributed by atoms with Crippen molar-refractivity contribution in [3.8, 4) is 0 Å². The van der Waals surface area contributed by atoms with Gasteiger partial charge in [0, 0.05) is 31.5 Å². The summed E-state index contributed by atoms with van der Waals surface area (Å²) in [4.78, 5) is 13.2. The summed E-state index contributed by atoms with van der Waals surface area (Å²) < 4.78 is 21.8. The lowest BCUT2D eigenvalue weighted by Gasteiger charge is -2.20. The number of amides is 1. The van der Waals surface area contributed by atoms with Crippen molar-refractivity contribution in [3.05, 3.63) is 0 Å². The minimum absolute atomic E-state index is 0. The van der Waals surface area contributed by atoms with Gasteiger partial charge in [-0.05, 0) is 0 Å². The number of sulfone groups is 1. The van der Waals surface area contributed by atoms with Crippen molar-refractivity contribution < 1.29 is 13.2 Å². The maximum Gasteiger partial charge on any atom is 0.240 e. The number of hydrogen-bond donors (Lipinski definition) is 1. The molecule has 0 bridgehead atoms. The summed E-state index contributed by atoms with van der Waals surface area (Å²) >= 11 is 1.67. The summed E-state index contributed by atoms with van der Waals surface area (Å²) in [6, 6.07) is -0.153.